The Balaban J connectivity index is 1.53. The molecule has 2 heterocycles. The molecule has 4 aromatic carbocycles. The van der Waals surface area contributed by atoms with Crippen molar-refractivity contribution in [2.24, 2.45) is 0 Å². The van der Waals surface area contributed by atoms with Gasteiger partial charge >= 0.3 is 0 Å². The molecular formula is C31H28O11. The van der Waals surface area contributed by atoms with Crippen LogP contribution in [-0.4, -0.2) is 60.2 Å². The van der Waals surface area contributed by atoms with Crippen LogP contribution in [0, 0.1) is 0 Å². The summed E-state index contributed by atoms with van der Waals surface area (Å²) in [4.78, 5) is 0. The summed E-state index contributed by atoms with van der Waals surface area (Å²) in [6.45, 7) is 0. The Labute approximate surface area is 239 Å². The van der Waals surface area contributed by atoms with E-state index in [-0.39, 0.29) is 69.1 Å². The molecule has 0 spiro atoms. The molecule has 42 heavy (non-hydrogen) atoms. The van der Waals surface area contributed by atoms with E-state index in [4.69, 9.17) is 14.2 Å². The SMILES string of the molecule is COc1ccc([C@H]2Oc3c(c(O)cc4c3[C@@H](c3ccc(O)cc3O)[C@H](O)[C@@H](c3ccc(O)c(O)c3)O4)C[C@@H]2O)cc1O. The minimum Gasteiger partial charge on any atom is -0.508 e. The van der Waals surface area contributed by atoms with E-state index >= 15 is 0 Å². The van der Waals surface area contributed by atoms with Gasteiger partial charge in [-0.25, -0.2) is 0 Å². The lowest BCUT2D eigenvalue weighted by Gasteiger charge is -2.41. The lowest BCUT2D eigenvalue weighted by Crippen LogP contribution is -2.37. The van der Waals surface area contributed by atoms with Crippen LogP contribution in [0.4, 0.5) is 0 Å². The molecule has 0 aliphatic carbocycles. The van der Waals surface area contributed by atoms with Crippen LogP contribution in [0.15, 0.2) is 60.7 Å². The molecule has 2 aliphatic rings. The van der Waals surface area contributed by atoms with Crippen LogP contribution >= 0.6 is 0 Å². The summed E-state index contributed by atoms with van der Waals surface area (Å²) in [6, 6.07) is 13.7. The molecule has 0 saturated carbocycles. The van der Waals surface area contributed by atoms with Crippen molar-refractivity contribution in [3.8, 4) is 51.7 Å². The summed E-state index contributed by atoms with van der Waals surface area (Å²) in [7, 11) is 1.41. The second-order valence-electron chi connectivity index (χ2n) is 10.4. The first-order valence-corrected chi connectivity index (χ1v) is 13.1. The van der Waals surface area contributed by atoms with Crippen molar-refractivity contribution >= 4 is 0 Å². The van der Waals surface area contributed by atoms with Gasteiger partial charge in [-0.15, -0.1) is 0 Å². The first kappa shape index (κ1) is 27.2. The molecule has 5 atom stereocenters. The predicted octanol–water partition coefficient (Wildman–Crippen LogP) is 3.59. The van der Waals surface area contributed by atoms with Crippen molar-refractivity contribution in [3.05, 3.63) is 88.5 Å². The van der Waals surface area contributed by atoms with Crippen LogP contribution in [-0.2, 0) is 6.42 Å². The molecule has 2 aliphatic heterocycles. The number of benzene rings is 4. The Bertz CT molecular complexity index is 1680. The molecule has 6 rings (SSSR count). The number of rotatable bonds is 4. The summed E-state index contributed by atoms with van der Waals surface area (Å²) in [5, 5.41) is 84.9. The number of hydrogen-bond donors (Lipinski definition) is 8. The molecule has 0 aromatic heterocycles. The van der Waals surface area contributed by atoms with E-state index < -0.39 is 36.1 Å². The van der Waals surface area contributed by atoms with Gasteiger partial charge in [-0.3, -0.25) is 0 Å². The summed E-state index contributed by atoms with van der Waals surface area (Å²) in [5.74, 6) is -2.36. The number of aliphatic hydroxyl groups is 2. The molecule has 8 N–H and O–H groups in total. The molecule has 0 amide bonds. The second-order valence-corrected chi connectivity index (χ2v) is 10.4. The van der Waals surface area contributed by atoms with Gasteiger partial charge in [0.05, 0.1) is 13.2 Å². The number of phenols is 6. The summed E-state index contributed by atoms with van der Waals surface area (Å²) >= 11 is 0. The van der Waals surface area contributed by atoms with E-state index in [0.29, 0.717) is 11.1 Å². The van der Waals surface area contributed by atoms with Crippen molar-refractivity contribution in [1.82, 2.24) is 0 Å². The zero-order chi connectivity index (χ0) is 29.9. The maximum absolute atomic E-state index is 11.8. The average Bonchev–Trinajstić information content (AvgIpc) is 2.95. The van der Waals surface area contributed by atoms with Crippen LogP contribution in [0.5, 0.6) is 51.7 Å². The van der Waals surface area contributed by atoms with Crippen molar-refractivity contribution in [2.45, 2.75) is 36.8 Å². The first-order valence-electron chi connectivity index (χ1n) is 13.1. The number of fused-ring (bicyclic) bond motifs is 3. The van der Waals surface area contributed by atoms with Gasteiger partial charge in [-0.2, -0.15) is 0 Å². The van der Waals surface area contributed by atoms with Crippen molar-refractivity contribution in [3.63, 3.8) is 0 Å². The highest BCUT2D eigenvalue weighted by molar-refractivity contribution is 5.64. The fourth-order valence-corrected chi connectivity index (χ4v) is 5.77. The average molecular weight is 577 g/mol. The van der Waals surface area contributed by atoms with Crippen LogP contribution in [0.3, 0.4) is 0 Å². The van der Waals surface area contributed by atoms with Gasteiger partial charge in [0.25, 0.3) is 0 Å². The number of ether oxygens (including phenoxy) is 3. The quantitative estimate of drug-likeness (QED) is 0.166. The molecule has 4 aromatic rings. The van der Waals surface area contributed by atoms with Crippen molar-refractivity contribution < 1.29 is 55.1 Å². The van der Waals surface area contributed by atoms with Gasteiger partial charge in [0.1, 0.15) is 41.0 Å². The fourth-order valence-electron chi connectivity index (χ4n) is 5.77. The van der Waals surface area contributed by atoms with Crippen LogP contribution < -0.4 is 14.2 Å². The molecule has 0 saturated heterocycles. The Kier molecular flexibility index (Phi) is 6.55. The maximum Gasteiger partial charge on any atom is 0.160 e. The number of methoxy groups -OCH3 is 1. The first-order chi connectivity index (χ1) is 20.1. The van der Waals surface area contributed by atoms with E-state index in [1.165, 1.54) is 55.6 Å². The largest absolute Gasteiger partial charge is 0.508 e. The molecule has 0 unspecified atom stereocenters. The molecule has 0 radical (unpaired) electrons. The smallest absolute Gasteiger partial charge is 0.160 e. The molecule has 0 bridgehead atoms. The molecule has 11 nitrogen and oxygen atoms in total. The Morgan fingerprint density at radius 3 is 2.10 bits per heavy atom. The van der Waals surface area contributed by atoms with E-state index in [1.54, 1.807) is 6.07 Å². The topological polar surface area (TPSA) is 190 Å². The standard InChI is InChI=1S/C31H28O11/c1-40-24-7-3-13(9-22(24)37)29-23(38)11-17-20(35)12-25-27(31(17)42-29)26(16-5-4-15(32)10-19(16)34)28(39)30(41-25)14-2-6-18(33)21(36)8-14/h2-10,12,23,26,28-30,32-39H,11H2,1H3/t23-,26+,28-,29+,30+/m0/s1. The van der Waals surface area contributed by atoms with Gasteiger partial charge in [0, 0.05) is 41.2 Å². The zero-order valence-corrected chi connectivity index (χ0v) is 22.2. The summed E-state index contributed by atoms with van der Waals surface area (Å²) in [6.07, 6.45) is -4.73. The van der Waals surface area contributed by atoms with E-state index in [9.17, 15) is 40.9 Å². The Morgan fingerprint density at radius 2 is 1.40 bits per heavy atom. The molecule has 218 valence electrons. The van der Waals surface area contributed by atoms with Gasteiger partial charge < -0.3 is 55.1 Å². The van der Waals surface area contributed by atoms with Gasteiger partial charge in [0.2, 0.25) is 0 Å². The number of aromatic hydroxyl groups is 6. The monoisotopic (exact) mass is 576 g/mol. The third-order valence-electron chi connectivity index (χ3n) is 7.79. The van der Waals surface area contributed by atoms with Crippen molar-refractivity contribution in [1.29, 1.82) is 0 Å². The second kappa shape index (κ2) is 10.1. The lowest BCUT2D eigenvalue weighted by atomic mass is 9.77. The summed E-state index contributed by atoms with van der Waals surface area (Å²) in [5.41, 5.74) is 1.44. The van der Waals surface area contributed by atoms with Gasteiger partial charge in [0.15, 0.2) is 29.1 Å². The number of phenolic OH excluding ortho intramolecular Hbond substituents is 6. The minimum atomic E-state index is -1.41. The van der Waals surface area contributed by atoms with Gasteiger partial charge in [-0.1, -0.05) is 18.2 Å². The van der Waals surface area contributed by atoms with Gasteiger partial charge in [-0.05, 0) is 41.5 Å². The summed E-state index contributed by atoms with van der Waals surface area (Å²) < 4.78 is 17.6. The molecule has 11 heteroatoms. The Morgan fingerprint density at radius 1 is 0.690 bits per heavy atom. The maximum atomic E-state index is 11.8. The lowest BCUT2D eigenvalue weighted by molar-refractivity contribution is -0.00244. The fraction of sp³-hybridized carbons (Fsp3) is 0.226. The number of aliphatic hydroxyl groups excluding tert-OH is 2. The third-order valence-corrected chi connectivity index (χ3v) is 7.79. The van der Waals surface area contributed by atoms with Crippen LogP contribution in [0.25, 0.3) is 0 Å². The minimum absolute atomic E-state index is 0.0501. The highest BCUT2D eigenvalue weighted by Gasteiger charge is 2.46. The normalized spacial score (nSPS) is 22.8. The van der Waals surface area contributed by atoms with E-state index in [0.717, 1.165) is 6.07 Å². The van der Waals surface area contributed by atoms with Crippen molar-refractivity contribution in [2.75, 3.05) is 7.11 Å². The molecular weight excluding hydrogens is 548 g/mol. The zero-order valence-electron chi connectivity index (χ0n) is 22.2. The predicted molar refractivity (Wildman–Crippen MR) is 147 cm³/mol. The highest BCUT2D eigenvalue weighted by Crippen LogP contribution is 2.56. The highest BCUT2D eigenvalue weighted by atomic mass is 16.5. The molecule has 0 fully saturated rings. The van der Waals surface area contributed by atoms with Crippen LogP contribution in [0.2, 0.25) is 0 Å². The van der Waals surface area contributed by atoms with Crippen LogP contribution in [0.1, 0.15) is 45.9 Å². The number of hydrogen-bond acceptors (Lipinski definition) is 11. The van der Waals surface area contributed by atoms with E-state index in [2.05, 4.69) is 0 Å². The Hall–Kier alpha value is -5.00. The third kappa shape index (κ3) is 4.39. The van der Waals surface area contributed by atoms with E-state index in [1.807, 2.05) is 0 Å².